The summed E-state index contributed by atoms with van der Waals surface area (Å²) < 4.78 is 7.20. The van der Waals surface area contributed by atoms with E-state index in [0.717, 1.165) is 17.9 Å². The summed E-state index contributed by atoms with van der Waals surface area (Å²) in [5, 5.41) is 7.89. The lowest BCUT2D eigenvalue weighted by molar-refractivity contribution is 0.453. The van der Waals surface area contributed by atoms with E-state index < -0.39 is 0 Å². The minimum Gasteiger partial charge on any atom is -0.448 e. The first-order valence-corrected chi connectivity index (χ1v) is 5.55. The highest BCUT2D eigenvalue weighted by Crippen LogP contribution is 2.25. The Morgan fingerprint density at radius 2 is 2.38 bits per heavy atom. The molecular formula is C11H14ClN3O. The van der Waals surface area contributed by atoms with Crippen molar-refractivity contribution in [2.24, 2.45) is 7.05 Å². The van der Waals surface area contributed by atoms with E-state index in [9.17, 15) is 0 Å². The Labute approximate surface area is 99.2 Å². The molecule has 0 amide bonds. The van der Waals surface area contributed by atoms with Gasteiger partial charge in [0.05, 0.1) is 12.2 Å². The molecule has 2 aromatic rings. The molecule has 1 atom stereocenters. The maximum absolute atomic E-state index is 5.78. The average molecular weight is 240 g/mol. The molecule has 0 saturated heterocycles. The Morgan fingerprint density at radius 3 is 2.88 bits per heavy atom. The van der Waals surface area contributed by atoms with Crippen molar-refractivity contribution in [3.05, 3.63) is 41.1 Å². The Bertz CT molecular complexity index is 423. The second kappa shape index (κ2) is 4.72. The zero-order valence-corrected chi connectivity index (χ0v) is 10.0. The molecular weight excluding hydrogens is 226 g/mol. The van der Waals surface area contributed by atoms with E-state index in [0.29, 0.717) is 5.22 Å². The van der Waals surface area contributed by atoms with Crippen LogP contribution in [0.3, 0.4) is 0 Å². The fourth-order valence-corrected chi connectivity index (χ4v) is 1.81. The van der Waals surface area contributed by atoms with Crippen molar-refractivity contribution in [1.82, 2.24) is 15.1 Å². The molecule has 2 rings (SSSR count). The normalized spacial score (nSPS) is 12.9. The Balaban J connectivity index is 2.30. The number of halogens is 1. The van der Waals surface area contributed by atoms with E-state index in [1.807, 2.05) is 32.4 Å². The van der Waals surface area contributed by atoms with Crippen molar-refractivity contribution in [3.8, 4) is 0 Å². The Kier molecular flexibility index (Phi) is 3.31. The van der Waals surface area contributed by atoms with Gasteiger partial charge in [-0.3, -0.25) is 4.68 Å². The van der Waals surface area contributed by atoms with E-state index >= 15 is 0 Å². The molecule has 2 aromatic heterocycles. The van der Waals surface area contributed by atoms with Gasteiger partial charge in [0.2, 0.25) is 0 Å². The van der Waals surface area contributed by atoms with Gasteiger partial charge in [0.25, 0.3) is 0 Å². The summed E-state index contributed by atoms with van der Waals surface area (Å²) in [4.78, 5) is 0. The maximum Gasteiger partial charge on any atom is 0.193 e. The molecule has 2 heterocycles. The first kappa shape index (κ1) is 11.2. The highest BCUT2D eigenvalue weighted by atomic mass is 35.5. The zero-order chi connectivity index (χ0) is 11.5. The number of aromatic nitrogens is 2. The summed E-state index contributed by atoms with van der Waals surface area (Å²) in [7, 11) is 1.89. The number of aryl methyl sites for hydroxylation is 1. The topological polar surface area (TPSA) is 43.0 Å². The second-order valence-electron chi connectivity index (χ2n) is 3.58. The van der Waals surface area contributed by atoms with Crippen LogP contribution < -0.4 is 5.32 Å². The van der Waals surface area contributed by atoms with Gasteiger partial charge in [-0.05, 0) is 30.3 Å². The Hall–Kier alpha value is -1.26. The van der Waals surface area contributed by atoms with E-state index in [-0.39, 0.29) is 6.04 Å². The molecule has 86 valence electrons. The number of nitrogens with zero attached hydrogens (tertiary/aromatic N) is 2. The molecule has 1 N–H and O–H groups in total. The SMILES string of the molecule is CCNC(c1cnn(C)c1)c1ccc(Cl)o1. The average Bonchev–Trinajstić information content (AvgIpc) is 2.84. The molecule has 4 nitrogen and oxygen atoms in total. The number of rotatable bonds is 4. The van der Waals surface area contributed by atoms with Crippen LogP contribution in [0.25, 0.3) is 0 Å². The smallest absolute Gasteiger partial charge is 0.193 e. The molecule has 0 aromatic carbocycles. The van der Waals surface area contributed by atoms with Crippen LogP contribution in [-0.4, -0.2) is 16.3 Å². The van der Waals surface area contributed by atoms with Crippen LogP contribution in [0.4, 0.5) is 0 Å². The molecule has 0 aliphatic rings. The lowest BCUT2D eigenvalue weighted by Crippen LogP contribution is -2.21. The fourth-order valence-electron chi connectivity index (χ4n) is 1.66. The summed E-state index contributed by atoms with van der Waals surface area (Å²) in [6, 6.07) is 3.63. The van der Waals surface area contributed by atoms with Gasteiger partial charge in [-0.1, -0.05) is 6.92 Å². The monoisotopic (exact) mass is 239 g/mol. The molecule has 16 heavy (non-hydrogen) atoms. The minimum absolute atomic E-state index is 0.00574. The van der Waals surface area contributed by atoms with Crippen molar-refractivity contribution >= 4 is 11.6 Å². The van der Waals surface area contributed by atoms with Crippen molar-refractivity contribution in [2.75, 3.05) is 6.54 Å². The zero-order valence-electron chi connectivity index (χ0n) is 9.27. The van der Waals surface area contributed by atoms with Crippen LogP contribution in [0.2, 0.25) is 5.22 Å². The molecule has 5 heteroatoms. The van der Waals surface area contributed by atoms with E-state index in [2.05, 4.69) is 10.4 Å². The highest BCUT2D eigenvalue weighted by Gasteiger charge is 2.17. The van der Waals surface area contributed by atoms with Gasteiger partial charge in [0.15, 0.2) is 5.22 Å². The summed E-state index contributed by atoms with van der Waals surface area (Å²) in [6.07, 6.45) is 3.79. The van der Waals surface area contributed by atoms with Crippen molar-refractivity contribution < 1.29 is 4.42 Å². The van der Waals surface area contributed by atoms with Crippen molar-refractivity contribution in [1.29, 1.82) is 0 Å². The lowest BCUT2D eigenvalue weighted by Gasteiger charge is -2.13. The van der Waals surface area contributed by atoms with Crippen LogP contribution in [0.1, 0.15) is 24.3 Å². The van der Waals surface area contributed by atoms with Crippen LogP contribution >= 0.6 is 11.6 Å². The third-order valence-corrected chi connectivity index (χ3v) is 2.55. The highest BCUT2D eigenvalue weighted by molar-refractivity contribution is 6.28. The predicted molar refractivity (Wildman–Crippen MR) is 62.4 cm³/mol. The van der Waals surface area contributed by atoms with Gasteiger partial charge in [-0.25, -0.2) is 0 Å². The van der Waals surface area contributed by atoms with Gasteiger partial charge < -0.3 is 9.73 Å². The van der Waals surface area contributed by atoms with E-state index in [1.165, 1.54) is 0 Å². The van der Waals surface area contributed by atoms with Crippen LogP contribution in [0.5, 0.6) is 0 Å². The van der Waals surface area contributed by atoms with Crippen molar-refractivity contribution in [2.45, 2.75) is 13.0 Å². The summed E-state index contributed by atoms with van der Waals surface area (Å²) in [5.41, 5.74) is 1.07. The number of hydrogen-bond acceptors (Lipinski definition) is 3. The van der Waals surface area contributed by atoms with Gasteiger partial charge >= 0.3 is 0 Å². The molecule has 0 fully saturated rings. The molecule has 0 bridgehead atoms. The molecule has 0 radical (unpaired) electrons. The second-order valence-corrected chi connectivity index (χ2v) is 3.95. The van der Waals surface area contributed by atoms with E-state index in [4.69, 9.17) is 16.0 Å². The summed E-state index contributed by atoms with van der Waals surface area (Å²) in [6.45, 7) is 2.89. The first-order chi connectivity index (χ1) is 7.70. The van der Waals surface area contributed by atoms with Crippen LogP contribution in [0.15, 0.2) is 28.9 Å². The first-order valence-electron chi connectivity index (χ1n) is 5.18. The lowest BCUT2D eigenvalue weighted by atomic mass is 10.1. The van der Waals surface area contributed by atoms with Gasteiger partial charge in [-0.15, -0.1) is 0 Å². The van der Waals surface area contributed by atoms with Crippen LogP contribution in [-0.2, 0) is 7.05 Å². The van der Waals surface area contributed by atoms with E-state index in [1.54, 1.807) is 10.7 Å². The third-order valence-electron chi connectivity index (χ3n) is 2.34. The molecule has 0 aliphatic carbocycles. The number of furan rings is 1. The van der Waals surface area contributed by atoms with Gasteiger partial charge in [-0.2, -0.15) is 5.10 Å². The number of nitrogens with one attached hydrogen (secondary N) is 1. The van der Waals surface area contributed by atoms with Crippen molar-refractivity contribution in [3.63, 3.8) is 0 Å². The standard InChI is InChI=1S/C11H14ClN3O/c1-3-13-11(8-6-14-15(2)7-8)9-4-5-10(12)16-9/h4-7,11,13H,3H2,1-2H3. The maximum atomic E-state index is 5.78. The third kappa shape index (κ3) is 2.28. The quantitative estimate of drug-likeness (QED) is 0.891. The predicted octanol–water partition coefficient (Wildman–Crippen LogP) is 2.37. The molecule has 0 spiro atoms. The van der Waals surface area contributed by atoms with Gasteiger partial charge in [0, 0.05) is 18.8 Å². The summed E-state index contributed by atoms with van der Waals surface area (Å²) >= 11 is 5.78. The fraction of sp³-hybridized carbons (Fsp3) is 0.364. The molecule has 0 saturated carbocycles. The summed E-state index contributed by atoms with van der Waals surface area (Å²) in [5.74, 6) is 0.805. The minimum atomic E-state index is 0.00574. The number of hydrogen-bond donors (Lipinski definition) is 1. The van der Waals surface area contributed by atoms with Crippen LogP contribution in [0, 0.1) is 0 Å². The Morgan fingerprint density at radius 1 is 1.56 bits per heavy atom. The molecule has 1 unspecified atom stereocenters. The molecule has 0 aliphatic heterocycles. The largest absolute Gasteiger partial charge is 0.448 e. The van der Waals surface area contributed by atoms with Gasteiger partial charge in [0.1, 0.15) is 5.76 Å².